The zero-order valence-electron chi connectivity index (χ0n) is 19.5. The molecule has 0 saturated heterocycles. The first-order valence-corrected chi connectivity index (χ1v) is 12.1. The molecule has 0 spiro atoms. The van der Waals surface area contributed by atoms with E-state index < -0.39 is 0 Å². The van der Waals surface area contributed by atoms with Gasteiger partial charge in [-0.3, -0.25) is 0 Å². The molecule has 0 aliphatic rings. The molecular formula is C34H26N+. The predicted molar refractivity (Wildman–Crippen MR) is 146 cm³/mol. The van der Waals surface area contributed by atoms with E-state index in [1.165, 1.54) is 50.0 Å². The zero-order chi connectivity index (χ0) is 23.5. The summed E-state index contributed by atoms with van der Waals surface area (Å²) in [6, 6.07) is 52.1. The lowest BCUT2D eigenvalue weighted by molar-refractivity contribution is -0.666. The summed E-state index contributed by atoms with van der Waals surface area (Å²) in [5.41, 5.74) is 8.60. The molecule has 0 aliphatic heterocycles. The largest absolute Gasteiger partial charge is 0.214 e. The van der Waals surface area contributed by atoms with Crippen LogP contribution in [-0.2, 0) is 6.54 Å². The first kappa shape index (κ1) is 21.1. The van der Waals surface area contributed by atoms with Gasteiger partial charge in [-0.05, 0) is 40.1 Å². The van der Waals surface area contributed by atoms with E-state index in [9.17, 15) is 0 Å². The number of benzene rings is 5. The van der Waals surface area contributed by atoms with Crippen molar-refractivity contribution < 1.29 is 4.57 Å². The van der Waals surface area contributed by atoms with Gasteiger partial charge in [0.1, 0.15) is 0 Å². The number of hydrogen-bond donors (Lipinski definition) is 0. The van der Waals surface area contributed by atoms with Crippen LogP contribution in [0.1, 0.15) is 5.56 Å². The molecule has 5 aromatic carbocycles. The molecule has 1 heterocycles. The summed E-state index contributed by atoms with van der Waals surface area (Å²) in [6.07, 6.45) is 0. The second-order valence-corrected chi connectivity index (χ2v) is 8.85. The minimum Gasteiger partial charge on any atom is -0.187 e. The van der Waals surface area contributed by atoms with Crippen molar-refractivity contribution in [2.75, 3.05) is 0 Å². The molecule has 0 saturated carbocycles. The van der Waals surface area contributed by atoms with Crippen LogP contribution < -0.4 is 4.57 Å². The highest BCUT2D eigenvalue weighted by molar-refractivity contribution is 5.95. The Bertz CT molecular complexity index is 1580. The Hall–Kier alpha value is -4.49. The van der Waals surface area contributed by atoms with Gasteiger partial charge in [0.05, 0.1) is 5.56 Å². The molecule has 1 aromatic heterocycles. The van der Waals surface area contributed by atoms with E-state index in [0.717, 1.165) is 6.54 Å². The molecule has 1 heteroatoms. The second-order valence-electron chi connectivity index (χ2n) is 8.85. The van der Waals surface area contributed by atoms with Crippen LogP contribution in [0.5, 0.6) is 0 Å². The van der Waals surface area contributed by atoms with Gasteiger partial charge >= 0.3 is 0 Å². The maximum Gasteiger partial charge on any atom is 0.214 e. The predicted octanol–water partition coefficient (Wildman–Crippen LogP) is 8.18. The highest BCUT2D eigenvalue weighted by atomic mass is 15.0. The molecule has 0 fully saturated rings. The van der Waals surface area contributed by atoms with Crippen molar-refractivity contribution >= 4 is 10.8 Å². The topological polar surface area (TPSA) is 3.88 Å². The van der Waals surface area contributed by atoms with Crippen molar-refractivity contribution in [1.29, 1.82) is 0 Å². The number of rotatable bonds is 5. The van der Waals surface area contributed by atoms with E-state index in [1.54, 1.807) is 0 Å². The maximum absolute atomic E-state index is 2.47. The normalized spacial score (nSPS) is 11.0. The molecule has 6 rings (SSSR count). The van der Waals surface area contributed by atoms with Crippen molar-refractivity contribution in [2.45, 2.75) is 6.54 Å². The molecule has 35 heavy (non-hydrogen) atoms. The molecule has 0 amide bonds. The number of fused-ring (bicyclic) bond motifs is 1. The molecule has 0 atom stereocenters. The van der Waals surface area contributed by atoms with Crippen LogP contribution in [0.3, 0.4) is 0 Å². The molecule has 0 N–H and O–H groups in total. The fourth-order valence-corrected chi connectivity index (χ4v) is 4.88. The summed E-state index contributed by atoms with van der Waals surface area (Å²) in [5, 5.41) is 2.52. The Kier molecular flexibility index (Phi) is 5.66. The van der Waals surface area contributed by atoms with Crippen molar-refractivity contribution in [3.63, 3.8) is 0 Å². The Labute approximate surface area is 206 Å². The molecule has 0 radical (unpaired) electrons. The fourth-order valence-electron chi connectivity index (χ4n) is 4.88. The van der Waals surface area contributed by atoms with Crippen LogP contribution in [0, 0.1) is 0 Å². The summed E-state index contributed by atoms with van der Waals surface area (Å²) in [5.74, 6) is 0. The van der Waals surface area contributed by atoms with Gasteiger partial charge in [-0.25, -0.2) is 0 Å². The number of hydrogen-bond acceptors (Lipinski definition) is 0. The van der Waals surface area contributed by atoms with Crippen LogP contribution in [0.25, 0.3) is 44.4 Å². The van der Waals surface area contributed by atoms with Gasteiger partial charge in [0.15, 0.2) is 6.54 Å². The molecule has 0 bridgehead atoms. The van der Waals surface area contributed by atoms with Crippen molar-refractivity contribution in [1.82, 2.24) is 0 Å². The lowest BCUT2D eigenvalue weighted by atomic mass is 9.96. The Morgan fingerprint density at radius 3 is 1.74 bits per heavy atom. The SMILES string of the molecule is c1ccc(C[n+]2c(-c3ccccc3)cc(-c3ccccc3)cc2-c2cccc3ccccc23)cc1. The van der Waals surface area contributed by atoms with E-state index in [2.05, 4.69) is 150 Å². The van der Waals surface area contributed by atoms with Crippen LogP contribution in [-0.4, -0.2) is 0 Å². The number of nitrogens with zero attached hydrogens (tertiary/aromatic N) is 1. The lowest BCUT2D eigenvalue weighted by Gasteiger charge is -2.14. The molecule has 1 nitrogen and oxygen atoms in total. The minimum absolute atomic E-state index is 0.790. The third-order valence-corrected chi connectivity index (χ3v) is 6.59. The maximum atomic E-state index is 2.47. The summed E-state index contributed by atoms with van der Waals surface area (Å²) >= 11 is 0. The highest BCUT2D eigenvalue weighted by Crippen LogP contribution is 2.33. The van der Waals surface area contributed by atoms with Gasteiger partial charge in [-0.1, -0.05) is 115 Å². The minimum atomic E-state index is 0.790. The van der Waals surface area contributed by atoms with Crippen LogP contribution in [0.4, 0.5) is 0 Å². The van der Waals surface area contributed by atoms with Crippen molar-refractivity contribution in [3.05, 3.63) is 151 Å². The van der Waals surface area contributed by atoms with Gasteiger partial charge in [0, 0.05) is 23.3 Å². The quantitative estimate of drug-likeness (QED) is 0.234. The van der Waals surface area contributed by atoms with Gasteiger partial charge in [-0.2, -0.15) is 4.57 Å². The summed E-state index contributed by atoms with van der Waals surface area (Å²) in [6.45, 7) is 0.790. The van der Waals surface area contributed by atoms with Crippen molar-refractivity contribution in [2.24, 2.45) is 0 Å². The van der Waals surface area contributed by atoms with E-state index in [0.29, 0.717) is 0 Å². The first-order chi connectivity index (χ1) is 17.4. The summed E-state index contributed by atoms with van der Waals surface area (Å²) < 4.78 is 2.47. The molecule has 6 aromatic rings. The fraction of sp³-hybridized carbons (Fsp3) is 0.0294. The van der Waals surface area contributed by atoms with Crippen LogP contribution >= 0.6 is 0 Å². The lowest BCUT2D eigenvalue weighted by Crippen LogP contribution is -2.39. The standard InChI is InChI=1S/C34H26N/c1-4-13-26(14-5-1)25-35-33(29-18-8-3-9-19-29)23-30(27-15-6-2-7-16-27)24-34(35)32-22-12-20-28-17-10-11-21-31(28)32/h1-24H,25H2/q+1. The van der Waals surface area contributed by atoms with Gasteiger partial charge in [-0.15, -0.1) is 0 Å². The average Bonchev–Trinajstić information content (AvgIpc) is 2.94. The van der Waals surface area contributed by atoms with E-state index in [4.69, 9.17) is 0 Å². The van der Waals surface area contributed by atoms with Crippen molar-refractivity contribution in [3.8, 4) is 33.6 Å². The van der Waals surface area contributed by atoms with E-state index in [1.807, 2.05) is 0 Å². The highest BCUT2D eigenvalue weighted by Gasteiger charge is 2.24. The Morgan fingerprint density at radius 2 is 1.00 bits per heavy atom. The van der Waals surface area contributed by atoms with Gasteiger partial charge in [0.25, 0.3) is 0 Å². The zero-order valence-corrected chi connectivity index (χ0v) is 19.5. The van der Waals surface area contributed by atoms with Gasteiger partial charge < -0.3 is 0 Å². The Morgan fingerprint density at radius 1 is 0.429 bits per heavy atom. The monoisotopic (exact) mass is 448 g/mol. The first-order valence-electron chi connectivity index (χ1n) is 12.1. The number of aromatic nitrogens is 1. The molecule has 0 aliphatic carbocycles. The third kappa shape index (κ3) is 4.25. The third-order valence-electron chi connectivity index (χ3n) is 6.59. The summed E-state index contributed by atoms with van der Waals surface area (Å²) in [4.78, 5) is 0. The molecule has 0 unspecified atom stereocenters. The molecular weight excluding hydrogens is 422 g/mol. The Balaban J connectivity index is 1.69. The average molecular weight is 449 g/mol. The van der Waals surface area contributed by atoms with Gasteiger partial charge in [0.2, 0.25) is 11.4 Å². The number of pyridine rings is 1. The summed E-state index contributed by atoms with van der Waals surface area (Å²) in [7, 11) is 0. The van der Waals surface area contributed by atoms with E-state index in [-0.39, 0.29) is 0 Å². The smallest absolute Gasteiger partial charge is 0.187 e. The molecule has 166 valence electrons. The second kappa shape index (κ2) is 9.40. The van der Waals surface area contributed by atoms with Crippen LogP contribution in [0.2, 0.25) is 0 Å². The van der Waals surface area contributed by atoms with E-state index >= 15 is 0 Å². The van der Waals surface area contributed by atoms with Crippen LogP contribution in [0.15, 0.2) is 146 Å².